The summed E-state index contributed by atoms with van der Waals surface area (Å²) >= 11 is 0. The van der Waals surface area contributed by atoms with Crippen molar-refractivity contribution in [3.05, 3.63) is 54.1 Å². The minimum Gasteiger partial charge on any atom is -0.325 e. The molecule has 0 unspecified atom stereocenters. The molecule has 2 aromatic carbocycles. The Bertz CT molecular complexity index is 1050. The van der Waals surface area contributed by atoms with E-state index in [0.29, 0.717) is 18.8 Å². The highest BCUT2D eigenvalue weighted by Crippen LogP contribution is 2.22. The molecule has 1 aliphatic heterocycles. The number of carbonyl (C=O) groups is 1. The van der Waals surface area contributed by atoms with Gasteiger partial charge in [-0.05, 0) is 56.2 Å². The smallest absolute Gasteiger partial charge is 0.243 e. The Morgan fingerprint density at radius 3 is 2.00 bits per heavy atom. The third-order valence-electron chi connectivity index (χ3n) is 4.54. The van der Waals surface area contributed by atoms with Gasteiger partial charge in [-0.1, -0.05) is 17.7 Å². The van der Waals surface area contributed by atoms with E-state index in [9.17, 15) is 21.6 Å². The molecule has 0 atom stereocenters. The van der Waals surface area contributed by atoms with Gasteiger partial charge in [0.05, 0.1) is 9.79 Å². The molecule has 1 saturated heterocycles. The average Bonchev–Trinajstić information content (AvgIpc) is 3.17. The van der Waals surface area contributed by atoms with E-state index in [-0.39, 0.29) is 9.79 Å². The Morgan fingerprint density at radius 1 is 0.893 bits per heavy atom. The summed E-state index contributed by atoms with van der Waals surface area (Å²) in [5.41, 5.74) is 1.26. The SMILES string of the molecule is Cc1ccc(S(=O)(=O)CC(=O)Nc2ccc(S(=O)(=O)N3CCCC3)cc2)cc1. The highest BCUT2D eigenvalue weighted by Gasteiger charge is 2.27. The van der Waals surface area contributed by atoms with Gasteiger partial charge >= 0.3 is 0 Å². The summed E-state index contributed by atoms with van der Waals surface area (Å²) in [6.45, 7) is 2.87. The van der Waals surface area contributed by atoms with Crippen molar-refractivity contribution in [3.63, 3.8) is 0 Å². The van der Waals surface area contributed by atoms with Gasteiger partial charge in [0.1, 0.15) is 5.75 Å². The molecule has 7 nitrogen and oxygen atoms in total. The molecule has 0 radical (unpaired) electrons. The van der Waals surface area contributed by atoms with E-state index in [0.717, 1.165) is 18.4 Å². The third kappa shape index (κ3) is 4.60. The third-order valence-corrected chi connectivity index (χ3v) is 8.09. The highest BCUT2D eigenvalue weighted by atomic mass is 32.2. The first-order valence-electron chi connectivity index (χ1n) is 8.88. The first-order valence-corrected chi connectivity index (χ1v) is 12.0. The van der Waals surface area contributed by atoms with Crippen LogP contribution in [0.25, 0.3) is 0 Å². The molecule has 1 aliphatic rings. The van der Waals surface area contributed by atoms with Crippen molar-refractivity contribution in [2.75, 3.05) is 24.2 Å². The van der Waals surface area contributed by atoms with Gasteiger partial charge in [-0.3, -0.25) is 4.79 Å². The van der Waals surface area contributed by atoms with Crippen LogP contribution >= 0.6 is 0 Å². The average molecular weight is 423 g/mol. The molecule has 150 valence electrons. The van der Waals surface area contributed by atoms with Crippen LogP contribution in [0.3, 0.4) is 0 Å². The molecule has 3 rings (SSSR count). The molecule has 9 heteroatoms. The van der Waals surface area contributed by atoms with Gasteiger partial charge in [0, 0.05) is 18.8 Å². The number of rotatable bonds is 6. The zero-order chi connectivity index (χ0) is 20.4. The lowest BCUT2D eigenvalue weighted by Crippen LogP contribution is -2.27. The van der Waals surface area contributed by atoms with Crippen LogP contribution in [0.1, 0.15) is 18.4 Å². The minimum atomic E-state index is -3.75. The maximum absolute atomic E-state index is 12.5. The molecule has 1 heterocycles. The second-order valence-electron chi connectivity index (χ2n) is 6.76. The fourth-order valence-electron chi connectivity index (χ4n) is 2.99. The summed E-state index contributed by atoms with van der Waals surface area (Å²) in [7, 11) is -7.28. The van der Waals surface area contributed by atoms with Gasteiger partial charge in [-0.2, -0.15) is 4.31 Å². The van der Waals surface area contributed by atoms with Gasteiger partial charge in [0.15, 0.2) is 9.84 Å². The zero-order valence-corrected chi connectivity index (χ0v) is 17.1. The number of amides is 1. The largest absolute Gasteiger partial charge is 0.325 e. The Balaban J connectivity index is 1.67. The van der Waals surface area contributed by atoms with Crippen LogP contribution in [-0.4, -0.2) is 45.9 Å². The number of aryl methyl sites for hydroxylation is 1. The van der Waals surface area contributed by atoms with Gasteiger partial charge in [-0.15, -0.1) is 0 Å². The molecular weight excluding hydrogens is 400 g/mol. The molecular formula is C19H22N2O5S2. The zero-order valence-electron chi connectivity index (χ0n) is 15.5. The summed E-state index contributed by atoms with van der Waals surface area (Å²) in [5.74, 6) is -1.38. The minimum absolute atomic E-state index is 0.0836. The number of carbonyl (C=O) groups excluding carboxylic acids is 1. The van der Waals surface area contributed by atoms with E-state index in [1.807, 2.05) is 6.92 Å². The number of nitrogens with zero attached hydrogens (tertiary/aromatic N) is 1. The normalized spacial score (nSPS) is 15.5. The van der Waals surface area contributed by atoms with Crippen molar-refractivity contribution < 1.29 is 21.6 Å². The predicted octanol–water partition coefficient (Wildman–Crippen LogP) is 2.19. The first-order chi connectivity index (χ1) is 13.2. The monoisotopic (exact) mass is 422 g/mol. The summed E-state index contributed by atoms with van der Waals surface area (Å²) in [6, 6.07) is 12.0. The number of hydrogen-bond acceptors (Lipinski definition) is 5. The Labute approximate surface area is 165 Å². The van der Waals surface area contributed by atoms with Crippen molar-refractivity contribution >= 4 is 31.5 Å². The topological polar surface area (TPSA) is 101 Å². The molecule has 1 N–H and O–H groups in total. The van der Waals surface area contributed by atoms with Crippen LogP contribution < -0.4 is 5.32 Å². The lowest BCUT2D eigenvalue weighted by Gasteiger charge is -2.15. The molecule has 1 fully saturated rings. The maximum atomic E-state index is 12.5. The molecule has 0 aromatic heterocycles. The van der Waals surface area contributed by atoms with E-state index < -0.39 is 31.5 Å². The first kappa shape index (κ1) is 20.5. The number of benzene rings is 2. The van der Waals surface area contributed by atoms with Crippen molar-refractivity contribution in [3.8, 4) is 0 Å². The number of hydrogen-bond donors (Lipinski definition) is 1. The molecule has 0 spiro atoms. The van der Waals surface area contributed by atoms with E-state index in [2.05, 4.69) is 5.32 Å². The number of sulfonamides is 1. The molecule has 0 aliphatic carbocycles. The van der Waals surface area contributed by atoms with E-state index in [4.69, 9.17) is 0 Å². The van der Waals surface area contributed by atoms with Gasteiger partial charge in [-0.25, -0.2) is 16.8 Å². The van der Waals surface area contributed by atoms with Crippen molar-refractivity contribution in [2.24, 2.45) is 0 Å². The quantitative estimate of drug-likeness (QED) is 0.769. The van der Waals surface area contributed by atoms with Gasteiger partial charge in [0.2, 0.25) is 15.9 Å². The Kier molecular flexibility index (Phi) is 5.87. The Morgan fingerprint density at radius 2 is 1.43 bits per heavy atom. The number of nitrogens with one attached hydrogen (secondary N) is 1. The number of sulfone groups is 1. The second kappa shape index (κ2) is 8.02. The van der Waals surface area contributed by atoms with Crippen molar-refractivity contribution in [1.82, 2.24) is 4.31 Å². The lowest BCUT2D eigenvalue weighted by atomic mass is 10.2. The predicted molar refractivity (Wildman–Crippen MR) is 106 cm³/mol. The van der Waals surface area contributed by atoms with Crippen LogP contribution in [0.15, 0.2) is 58.3 Å². The highest BCUT2D eigenvalue weighted by molar-refractivity contribution is 7.92. The molecule has 0 saturated carbocycles. The van der Waals surface area contributed by atoms with Crippen LogP contribution in [0, 0.1) is 6.92 Å². The van der Waals surface area contributed by atoms with Crippen molar-refractivity contribution in [1.29, 1.82) is 0 Å². The van der Waals surface area contributed by atoms with Crippen LogP contribution in [0.2, 0.25) is 0 Å². The molecule has 28 heavy (non-hydrogen) atoms. The summed E-state index contributed by atoms with van der Waals surface area (Å²) < 4.78 is 51.1. The molecule has 2 aromatic rings. The summed E-state index contributed by atoms with van der Waals surface area (Å²) in [5, 5.41) is 2.50. The van der Waals surface area contributed by atoms with E-state index in [1.165, 1.54) is 40.7 Å². The van der Waals surface area contributed by atoms with E-state index in [1.54, 1.807) is 12.1 Å². The molecule has 1 amide bonds. The maximum Gasteiger partial charge on any atom is 0.243 e. The fourth-order valence-corrected chi connectivity index (χ4v) is 5.64. The fraction of sp³-hybridized carbons (Fsp3) is 0.316. The molecule has 0 bridgehead atoms. The Hall–Kier alpha value is -2.23. The number of anilines is 1. The standard InChI is InChI=1S/C19H22N2O5S2/c1-15-4-8-17(9-5-15)27(23,24)14-19(22)20-16-6-10-18(11-7-16)28(25,26)21-12-2-3-13-21/h4-11H,2-3,12-14H2,1H3,(H,20,22). The lowest BCUT2D eigenvalue weighted by molar-refractivity contribution is -0.113. The van der Waals surface area contributed by atoms with Crippen LogP contribution in [0.4, 0.5) is 5.69 Å². The van der Waals surface area contributed by atoms with Crippen LogP contribution in [0.5, 0.6) is 0 Å². The van der Waals surface area contributed by atoms with Crippen LogP contribution in [-0.2, 0) is 24.7 Å². The van der Waals surface area contributed by atoms with Gasteiger partial charge in [0.25, 0.3) is 0 Å². The summed E-state index contributed by atoms with van der Waals surface area (Å²) in [4.78, 5) is 12.4. The van der Waals surface area contributed by atoms with Crippen molar-refractivity contribution in [2.45, 2.75) is 29.6 Å². The van der Waals surface area contributed by atoms with E-state index >= 15 is 0 Å². The second-order valence-corrected chi connectivity index (χ2v) is 10.7. The summed E-state index contributed by atoms with van der Waals surface area (Å²) in [6.07, 6.45) is 1.70. The van der Waals surface area contributed by atoms with Gasteiger partial charge < -0.3 is 5.32 Å².